The molecule has 0 saturated carbocycles. The van der Waals surface area contributed by atoms with Gasteiger partial charge in [-0.2, -0.15) is 0 Å². The van der Waals surface area contributed by atoms with Gasteiger partial charge in [0.2, 0.25) is 0 Å². The van der Waals surface area contributed by atoms with Crippen LogP contribution in [0.25, 0.3) is 0 Å². The van der Waals surface area contributed by atoms with Gasteiger partial charge in [0.1, 0.15) is 11.4 Å². The second-order valence-corrected chi connectivity index (χ2v) is 10.8. The van der Waals surface area contributed by atoms with Crippen molar-refractivity contribution in [1.82, 2.24) is 4.98 Å². The quantitative estimate of drug-likeness (QED) is 0.236. The number of rotatable bonds is 8. The smallest absolute Gasteiger partial charge is 0.168 e. The van der Waals surface area contributed by atoms with E-state index in [1.807, 2.05) is 0 Å². The first kappa shape index (κ1) is 36.6. The zero-order chi connectivity index (χ0) is 27.5. The Balaban J connectivity index is 0.00000102. The number of nitrogens with zero attached hydrogens (tertiary/aromatic N) is 3. The first-order valence-corrected chi connectivity index (χ1v) is 13.7. The van der Waals surface area contributed by atoms with Crippen molar-refractivity contribution in [3.8, 4) is 0 Å². The number of carbonyl (C=O) groups is 2. The van der Waals surface area contributed by atoms with Gasteiger partial charge in [-0.1, -0.05) is 6.07 Å². The van der Waals surface area contributed by atoms with Crippen molar-refractivity contribution < 1.29 is 23.9 Å². The van der Waals surface area contributed by atoms with Crippen LogP contribution in [-0.4, -0.2) is 17.6 Å². The molecule has 0 aliphatic heterocycles. The average Bonchev–Trinajstić information content (AvgIpc) is 2.88. The molecule has 0 radical (unpaired) electrons. The summed E-state index contributed by atoms with van der Waals surface area (Å²) in [5.41, 5.74) is 8.05. The molecule has 0 aliphatic rings. The van der Waals surface area contributed by atoms with Gasteiger partial charge in [0.25, 0.3) is 0 Å². The molecule has 215 valence electrons. The van der Waals surface area contributed by atoms with Crippen molar-refractivity contribution in [2.24, 2.45) is 7.99 Å². The van der Waals surface area contributed by atoms with Crippen molar-refractivity contribution in [2.75, 3.05) is 0 Å². The van der Waals surface area contributed by atoms with Crippen LogP contribution in [0.4, 0.5) is 11.4 Å². The third-order valence-corrected chi connectivity index (χ3v) is 6.61. The number of halogens is 2. The molecular weight excluding hydrogens is 576 g/mol. The van der Waals surface area contributed by atoms with E-state index in [4.69, 9.17) is 7.99 Å². The van der Waals surface area contributed by atoms with Crippen molar-refractivity contribution in [2.45, 2.75) is 79.1 Å². The fourth-order valence-electron chi connectivity index (χ4n) is 3.88. The Morgan fingerprint density at radius 3 is 1.10 bits per heavy atom. The van der Waals surface area contributed by atoms with Gasteiger partial charge in [-0.05, 0) is 12.1 Å². The molecule has 0 saturated heterocycles. The molecule has 0 N–H and O–H groups in total. The second kappa shape index (κ2) is 18.1. The topological polar surface area (TPSA) is 71.8 Å². The van der Waals surface area contributed by atoms with E-state index >= 15 is 0 Å². The van der Waals surface area contributed by atoms with Crippen LogP contribution < -0.4 is 0 Å². The largest absolute Gasteiger partial charge is 0.296 e. The minimum Gasteiger partial charge on any atom is -0.296 e. The maximum atomic E-state index is 10.1. The molecule has 0 amide bonds. The van der Waals surface area contributed by atoms with Crippen molar-refractivity contribution in [3.63, 3.8) is 0 Å². The van der Waals surface area contributed by atoms with E-state index < -0.39 is 0 Å². The van der Waals surface area contributed by atoms with Gasteiger partial charge in [0.05, 0.1) is 0 Å². The molecule has 0 aliphatic carbocycles. The minimum atomic E-state index is 0. The summed E-state index contributed by atoms with van der Waals surface area (Å²) >= 11 is 0.800. The van der Waals surface area contributed by atoms with Gasteiger partial charge >= 0.3 is 171 Å². The number of benzene rings is 2. The Morgan fingerprint density at radius 2 is 0.846 bits per heavy atom. The van der Waals surface area contributed by atoms with Crippen molar-refractivity contribution in [3.05, 3.63) is 88.2 Å². The fourth-order valence-corrected chi connectivity index (χ4v) is 4.68. The van der Waals surface area contributed by atoms with E-state index in [2.05, 4.69) is 96.8 Å². The molecule has 39 heavy (non-hydrogen) atoms. The van der Waals surface area contributed by atoms with Crippen LogP contribution in [0.5, 0.6) is 0 Å². The molecule has 5 nitrogen and oxygen atoms in total. The molecule has 0 fully saturated rings. The zero-order valence-electron chi connectivity index (χ0n) is 24.0. The van der Waals surface area contributed by atoms with Gasteiger partial charge in [-0.3, -0.25) is 9.59 Å². The Hall–Kier alpha value is -2.38. The first-order chi connectivity index (χ1) is 17.6. The van der Waals surface area contributed by atoms with Crippen LogP contribution in [0.2, 0.25) is 0 Å². The molecule has 0 bridgehead atoms. The van der Waals surface area contributed by atoms with E-state index in [0.717, 1.165) is 25.7 Å². The number of aromatic nitrogens is 1. The van der Waals surface area contributed by atoms with E-state index in [9.17, 15) is 9.59 Å². The molecule has 0 spiro atoms. The normalized spacial score (nSPS) is 10.4. The summed E-state index contributed by atoms with van der Waals surface area (Å²) in [7, 11) is 0. The van der Waals surface area contributed by atoms with Gasteiger partial charge < -0.3 is 0 Å². The van der Waals surface area contributed by atoms with Crippen LogP contribution >= 0.6 is 24.8 Å². The third kappa shape index (κ3) is 10.6. The Bertz CT molecular complexity index is 1140. The van der Waals surface area contributed by atoms with Crippen LogP contribution in [0.1, 0.15) is 122 Å². The Kier molecular flexibility index (Phi) is 17.0. The maximum absolute atomic E-state index is 10.1. The molecule has 2 aromatic carbocycles. The summed E-state index contributed by atoms with van der Waals surface area (Å²) < 4.78 is 9.89. The molecule has 3 rings (SSSR count). The van der Waals surface area contributed by atoms with Crippen LogP contribution in [0.3, 0.4) is 0 Å². The van der Waals surface area contributed by atoms with Crippen molar-refractivity contribution in [1.29, 1.82) is 0 Å². The van der Waals surface area contributed by atoms with E-state index in [1.165, 1.54) is 22.3 Å². The predicted octanol–water partition coefficient (Wildman–Crippen LogP) is 10.1. The number of carbonyl (C=O) groups excluding carboxylic acids is 2. The van der Waals surface area contributed by atoms with E-state index in [1.54, 1.807) is 18.2 Å². The number of aldehydes is 2. The van der Waals surface area contributed by atoms with Crippen molar-refractivity contribution >= 4 is 48.8 Å². The number of hydrogen-bond acceptors (Lipinski definition) is 5. The van der Waals surface area contributed by atoms with Gasteiger partial charge in [-0.15, -0.1) is 24.8 Å². The minimum absolute atomic E-state index is 0. The summed E-state index contributed by atoms with van der Waals surface area (Å²) in [5.74, 6) is 1.80. The monoisotopic (exact) mass is 616 g/mol. The molecule has 0 atom stereocenters. The van der Waals surface area contributed by atoms with Gasteiger partial charge in [0.15, 0.2) is 12.6 Å². The SMILES string of the molecule is CC(C)c1cccc(C(C)C)c1[N]=[Co]=[N]c1c(C(C)C)cccc1C(C)C.Cl.Cl.O=Cc1cccc(C=O)n1. The van der Waals surface area contributed by atoms with E-state index in [0.29, 0.717) is 36.2 Å². The Labute approximate surface area is 252 Å². The zero-order valence-corrected chi connectivity index (χ0v) is 26.6. The summed E-state index contributed by atoms with van der Waals surface area (Å²) in [5, 5.41) is 0. The number of hydrogen-bond donors (Lipinski definition) is 0. The average molecular weight is 618 g/mol. The molecule has 1 aromatic heterocycles. The standard InChI is InChI=1S/2C12H17N.C7H5NO2.2ClH.Co/c2*1-8(2)10-6-5-7-11(9(3)4)12(10)13;9-4-6-2-1-3-7(5-10)8-6;;;/h2*5-9H,1-4H3;1-5H;2*1H;. The van der Waals surface area contributed by atoms with Crippen LogP contribution in [0, 0.1) is 0 Å². The summed E-state index contributed by atoms with van der Waals surface area (Å²) in [4.78, 5) is 23.9. The summed E-state index contributed by atoms with van der Waals surface area (Å²) in [6.45, 7) is 17.9. The molecule has 0 unspecified atom stereocenters. The molecule has 1 heterocycles. The fraction of sp³-hybridized carbons (Fsp3) is 0.387. The van der Waals surface area contributed by atoms with Crippen LogP contribution in [-0.2, 0) is 14.3 Å². The van der Waals surface area contributed by atoms with E-state index in [-0.39, 0.29) is 36.2 Å². The van der Waals surface area contributed by atoms with Gasteiger partial charge in [-0.25, -0.2) is 4.98 Å². The predicted molar refractivity (Wildman–Crippen MR) is 163 cm³/mol. The molecular formula is C31H41Cl2CoN3O2. The van der Waals surface area contributed by atoms with Crippen LogP contribution in [0.15, 0.2) is 62.6 Å². The van der Waals surface area contributed by atoms with Gasteiger partial charge in [0, 0.05) is 0 Å². The summed E-state index contributed by atoms with van der Waals surface area (Å²) in [6, 6.07) is 17.8. The Morgan fingerprint density at radius 1 is 0.564 bits per heavy atom. The first-order valence-electron chi connectivity index (χ1n) is 12.7. The molecule has 3 aromatic rings. The third-order valence-electron chi connectivity index (χ3n) is 5.93. The maximum Gasteiger partial charge on any atom is 0.168 e. The summed E-state index contributed by atoms with van der Waals surface area (Å²) in [6.07, 6.45) is 1.21. The molecule has 8 heteroatoms. The second-order valence-electron chi connectivity index (χ2n) is 10.1. The number of pyridine rings is 1.